The zero-order valence-electron chi connectivity index (χ0n) is 18.2. The first kappa shape index (κ1) is 21.8. The van der Waals surface area contributed by atoms with Crippen molar-refractivity contribution < 1.29 is 13.2 Å². The quantitative estimate of drug-likeness (QED) is 0.519. The first-order chi connectivity index (χ1) is 14.8. The van der Waals surface area contributed by atoms with E-state index >= 15 is 0 Å². The standard InChI is InChI=1S/C23H30N4O3S/c1-16(2)27-31(28,29)18-6-4-17(5-7-18)19-14-26-22-21(19)20(8-11-25-22)30-15-23(3)9-12-24-13-10-23/h4-8,11,14,16,24,27H,9-10,12-13,15H2,1-3H3,(H,25,26). The third-order valence-corrected chi connectivity index (χ3v) is 7.46. The maximum absolute atomic E-state index is 12.4. The molecule has 7 nitrogen and oxygen atoms in total. The van der Waals surface area contributed by atoms with E-state index in [1.807, 2.05) is 24.4 Å². The van der Waals surface area contributed by atoms with E-state index in [4.69, 9.17) is 4.74 Å². The molecule has 1 fully saturated rings. The van der Waals surface area contributed by atoms with Crippen LogP contribution in [0.2, 0.25) is 0 Å². The molecule has 0 amide bonds. The van der Waals surface area contributed by atoms with Crippen LogP contribution in [0, 0.1) is 5.41 Å². The third kappa shape index (κ3) is 4.76. The second-order valence-electron chi connectivity index (χ2n) is 8.88. The van der Waals surface area contributed by atoms with Crippen LogP contribution < -0.4 is 14.8 Å². The van der Waals surface area contributed by atoms with Crippen molar-refractivity contribution in [2.45, 2.75) is 44.6 Å². The number of pyridine rings is 1. The molecule has 0 spiro atoms. The first-order valence-electron chi connectivity index (χ1n) is 10.7. The van der Waals surface area contributed by atoms with Gasteiger partial charge in [0.1, 0.15) is 11.4 Å². The number of nitrogens with zero attached hydrogens (tertiary/aromatic N) is 1. The van der Waals surface area contributed by atoms with Gasteiger partial charge < -0.3 is 15.0 Å². The number of rotatable bonds is 7. The van der Waals surface area contributed by atoms with E-state index in [2.05, 4.69) is 26.9 Å². The van der Waals surface area contributed by atoms with Crippen molar-refractivity contribution in [3.8, 4) is 16.9 Å². The van der Waals surface area contributed by atoms with Crippen LogP contribution in [0.15, 0.2) is 47.6 Å². The number of aromatic nitrogens is 2. The molecule has 1 saturated heterocycles. The SMILES string of the molecule is CC(C)NS(=O)(=O)c1ccc(-c2c[nH]c3nccc(OCC4(C)CCNCC4)c23)cc1. The van der Waals surface area contributed by atoms with Crippen molar-refractivity contribution in [1.29, 1.82) is 0 Å². The minimum atomic E-state index is -3.52. The predicted molar refractivity (Wildman–Crippen MR) is 123 cm³/mol. The molecule has 166 valence electrons. The molecule has 8 heteroatoms. The molecule has 0 bridgehead atoms. The van der Waals surface area contributed by atoms with Crippen molar-refractivity contribution in [2.75, 3.05) is 19.7 Å². The van der Waals surface area contributed by atoms with Crippen LogP contribution in [-0.2, 0) is 10.0 Å². The molecule has 31 heavy (non-hydrogen) atoms. The molecule has 4 rings (SSSR count). The van der Waals surface area contributed by atoms with Gasteiger partial charge in [-0.1, -0.05) is 19.1 Å². The Morgan fingerprint density at radius 1 is 1.16 bits per heavy atom. The highest BCUT2D eigenvalue weighted by Crippen LogP contribution is 2.36. The molecule has 1 aliphatic rings. The normalized spacial score (nSPS) is 16.6. The Hall–Kier alpha value is -2.42. The molecule has 0 radical (unpaired) electrons. The number of nitrogens with one attached hydrogen (secondary N) is 3. The summed E-state index contributed by atoms with van der Waals surface area (Å²) >= 11 is 0. The Balaban J connectivity index is 1.63. The Kier molecular flexibility index (Phi) is 6.05. The summed E-state index contributed by atoms with van der Waals surface area (Å²) in [6, 6.07) is 8.64. The Morgan fingerprint density at radius 3 is 2.55 bits per heavy atom. The number of H-pyrrole nitrogens is 1. The van der Waals surface area contributed by atoms with Gasteiger partial charge in [0.15, 0.2) is 0 Å². The summed E-state index contributed by atoms with van der Waals surface area (Å²) in [5.41, 5.74) is 2.74. The molecular formula is C23H30N4O3S. The van der Waals surface area contributed by atoms with E-state index < -0.39 is 10.0 Å². The highest BCUT2D eigenvalue weighted by molar-refractivity contribution is 7.89. The van der Waals surface area contributed by atoms with Crippen LogP contribution in [-0.4, -0.2) is 44.1 Å². The summed E-state index contributed by atoms with van der Waals surface area (Å²) in [6.07, 6.45) is 5.81. The Labute approximate surface area is 183 Å². The molecule has 1 aromatic carbocycles. The average Bonchev–Trinajstić information content (AvgIpc) is 3.17. The first-order valence-corrected chi connectivity index (χ1v) is 12.2. The monoisotopic (exact) mass is 442 g/mol. The molecule has 0 aliphatic carbocycles. The highest BCUT2D eigenvalue weighted by atomic mass is 32.2. The predicted octanol–water partition coefficient (Wildman–Crippen LogP) is 3.69. The maximum atomic E-state index is 12.4. The van der Waals surface area contributed by atoms with Gasteiger partial charge in [-0.2, -0.15) is 0 Å². The van der Waals surface area contributed by atoms with E-state index in [-0.39, 0.29) is 16.4 Å². The van der Waals surface area contributed by atoms with Gasteiger partial charge in [0.05, 0.1) is 16.9 Å². The van der Waals surface area contributed by atoms with Crippen molar-refractivity contribution >= 4 is 21.1 Å². The molecule has 0 unspecified atom stereocenters. The van der Waals surface area contributed by atoms with Gasteiger partial charge >= 0.3 is 0 Å². The molecule has 0 atom stereocenters. The lowest BCUT2D eigenvalue weighted by molar-refractivity contribution is 0.124. The van der Waals surface area contributed by atoms with Gasteiger partial charge in [-0.05, 0) is 63.5 Å². The number of sulfonamides is 1. The number of fused-ring (bicyclic) bond motifs is 1. The number of hydrogen-bond acceptors (Lipinski definition) is 5. The Bertz CT molecular complexity index is 1150. The van der Waals surface area contributed by atoms with Crippen molar-refractivity contribution in [2.24, 2.45) is 5.41 Å². The zero-order chi connectivity index (χ0) is 22.1. The fourth-order valence-corrected chi connectivity index (χ4v) is 5.24. The second-order valence-corrected chi connectivity index (χ2v) is 10.6. The molecule has 0 saturated carbocycles. The van der Waals surface area contributed by atoms with Gasteiger partial charge in [0.25, 0.3) is 0 Å². The van der Waals surface area contributed by atoms with Crippen LogP contribution in [0.5, 0.6) is 5.75 Å². The lowest BCUT2D eigenvalue weighted by Crippen LogP contribution is -2.38. The third-order valence-electron chi connectivity index (χ3n) is 5.79. The summed E-state index contributed by atoms with van der Waals surface area (Å²) in [4.78, 5) is 7.90. The van der Waals surface area contributed by atoms with Crippen LogP contribution in [0.4, 0.5) is 0 Å². The van der Waals surface area contributed by atoms with Gasteiger partial charge in [-0.3, -0.25) is 0 Å². The minimum absolute atomic E-state index is 0.150. The largest absolute Gasteiger partial charge is 0.492 e. The van der Waals surface area contributed by atoms with Crippen molar-refractivity contribution in [3.05, 3.63) is 42.7 Å². The Morgan fingerprint density at radius 2 is 1.87 bits per heavy atom. The van der Waals surface area contributed by atoms with E-state index in [1.54, 1.807) is 32.2 Å². The number of hydrogen-bond donors (Lipinski definition) is 3. The topological polar surface area (TPSA) is 96.1 Å². The van der Waals surface area contributed by atoms with E-state index in [0.717, 1.165) is 53.8 Å². The fourth-order valence-electron chi connectivity index (χ4n) is 3.99. The van der Waals surface area contributed by atoms with E-state index in [9.17, 15) is 8.42 Å². The number of aromatic amines is 1. The molecule has 3 heterocycles. The van der Waals surface area contributed by atoms with Crippen molar-refractivity contribution in [1.82, 2.24) is 20.0 Å². The van der Waals surface area contributed by atoms with Crippen LogP contribution in [0.1, 0.15) is 33.6 Å². The van der Waals surface area contributed by atoms with Gasteiger partial charge in [0.2, 0.25) is 10.0 Å². The van der Waals surface area contributed by atoms with Gasteiger partial charge in [-0.25, -0.2) is 18.1 Å². The van der Waals surface area contributed by atoms with Crippen LogP contribution in [0.25, 0.3) is 22.2 Å². The zero-order valence-corrected chi connectivity index (χ0v) is 19.1. The molecule has 2 aromatic heterocycles. The minimum Gasteiger partial charge on any atom is -0.492 e. The van der Waals surface area contributed by atoms with E-state index in [1.165, 1.54) is 0 Å². The fraction of sp³-hybridized carbons (Fsp3) is 0.435. The van der Waals surface area contributed by atoms with Gasteiger partial charge in [-0.15, -0.1) is 0 Å². The second kappa shape index (κ2) is 8.61. The summed E-state index contributed by atoms with van der Waals surface area (Å²) in [6.45, 7) is 8.56. The average molecular weight is 443 g/mol. The van der Waals surface area contributed by atoms with Crippen LogP contribution >= 0.6 is 0 Å². The number of piperidine rings is 1. The molecule has 3 N–H and O–H groups in total. The molecule has 3 aromatic rings. The lowest BCUT2D eigenvalue weighted by atomic mass is 9.82. The summed E-state index contributed by atoms with van der Waals surface area (Å²) in [5.74, 6) is 0.791. The maximum Gasteiger partial charge on any atom is 0.240 e. The molecular weight excluding hydrogens is 412 g/mol. The lowest BCUT2D eigenvalue weighted by Gasteiger charge is -2.33. The highest BCUT2D eigenvalue weighted by Gasteiger charge is 2.28. The van der Waals surface area contributed by atoms with Gasteiger partial charge in [0, 0.05) is 29.4 Å². The summed E-state index contributed by atoms with van der Waals surface area (Å²) in [5, 5.41) is 4.31. The molecule has 1 aliphatic heterocycles. The summed E-state index contributed by atoms with van der Waals surface area (Å²) in [7, 11) is -3.52. The number of ether oxygens (including phenoxy) is 1. The van der Waals surface area contributed by atoms with Crippen molar-refractivity contribution in [3.63, 3.8) is 0 Å². The summed E-state index contributed by atoms with van der Waals surface area (Å²) < 4.78 is 33.8. The van der Waals surface area contributed by atoms with Crippen LogP contribution in [0.3, 0.4) is 0 Å². The number of benzene rings is 1. The van der Waals surface area contributed by atoms with E-state index in [0.29, 0.717) is 6.61 Å². The smallest absolute Gasteiger partial charge is 0.240 e.